The lowest BCUT2D eigenvalue weighted by atomic mass is 10.1. The van der Waals surface area contributed by atoms with Crippen LogP contribution in [0.3, 0.4) is 0 Å². The first-order valence-corrected chi connectivity index (χ1v) is 11.1. The molecule has 1 fully saturated rings. The van der Waals surface area contributed by atoms with Gasteiger partial charge < -0.3 is 20.6 Å². The van der Waals surface area contributed by atoms with Gasteiger partial charge in [0, 0.05) is 6.61 Å². The van der Waals surface area contributed by atoms with Crippen LogP contribution in [0.15, 0.2) is 29.4 Å². The first kappa shape index (κ1) is 23.2. The van der Waals surface area contributed by atoms with Crippen molar-refractivity contribution in [3.8, 4) is 10.6 Å². The van der Waals surface area contributed by atoms with E-state index in [1.807, 2.05) is 24.3 Å². The molecule has 2 aromatic heterocycles. The molecule has 0 aliphatic heterocycles. The highest BCUT2D eigenvalue weighted by atomic mass is 32.1. The van der Waals surface area contributed by atoms with E-state index in [-0.39, 0.29) is 24.5 Å². The average Bonchev–Trinajstić information content (AvgIpc) is 3.35. The molecule has 3 aromatic rings. The van der Waals surface area contributed by atoms with Gasteiger partial charge in [0.15, 0.2) is 0 Å². The van der Waals surface area contributed by atoms with Gasteiger partial charge in [-0.25, -0.2) is 9.97 Å². The van der Waals surface area contributed by atoms with E-state index in [4.69, 9.17) is 4.84 Å². The Kier molecular flexibility index (Phi) is 6.66. The minimum absolute atomic E-state index is 0.00643. The topological polar surface area (TPSA) is 105 Å². The third-order valence-electron chi connectivity index (χ3n) is 5.29. The summed E-state index contributed by atoms with van der Waals surface area (Å²) in [4.78, 5) is 18.3. The minimum atomic E-state index is -4.41. The Labute approximate surface area is 191 Å². The van der Waals surface area contributed by atoms with Crippen LogP contribution >= 0.6 is 11.3 Å². The molecule has 0 bridgehead atoms. The van der Waals surface area contributed by atoms with Gasteiger partial charge in [-0.2, -0.15) is 18.2 Å². The van der Waals surface area contributed by atoms with E-state index in [0.717, 1.165) is 10.2 Å². The number of aromatic nitrogens is 3. The Morgan fingerprint density at radius 2 is 2.03 bits per heavy atom. The molecular formula is C21H23F3N6O2S. The summed E-state index contributed by atoms with van der Waals surface area (Å²) < 4.78 is 39.2. The predicted octanol–water partition coefficient (Wildman–Crippen LogP) is 4.22. The molecule has 1 aliphatic rings. The van der Waals surface area contributed by atoms with Crippen molar-refractivity contribution >= 4 is 39.0 Å². The Hall–Kier alpha value is -2.99. The van der Waals surface area contributed by atoms with E-state index < -0.39 is 12.7 Å². The molecule has 2 atom stereocenters. The van der Waals surface area contributed by atoms with Gasteiger partial charge in [-0.05, 0) is 37.8 Å². The van der Waals surface area contributed by atoms with Crippen molar-refractivity contribution < 1.29 is 23.1 Å². The second kappa shape index (κ2) is 9.48. The van der Waals surface area contributed by atoms with Crippen molar-refractivity contribution in [3.63, 3.8) is 0 Å². The average molecular weight is 481 g/mol. The standard InChI is InChI=1S/C21H23F3N6O2S/c1-11-17(19-28-13-5-3-4-6-16(13)33-19)18(29-20(26-11)25-10-21(22,23)24)27-14-7-12(9-31)8-15(14)30-32-2/h3-6,12,14,31H,7-10H2,1-2H3,(H2,25,26,27,29)/b30-15-. The van der Waals surface area contributed by atoms with E-state index in [9.17, 15) is 18.3 Å². The lowest BCUT2D eigenvalue weighted by Gasteiger charge is -2.19. The Morgan fingerprint density at radius 3 is 2.73 bits per heavy atom. The third kappa shape index (κ3) is 5.33. The number of alkyl halides is 3. The third-order valence-corrected chi connectivity index (χ3v) is 6.35. The Morgan fingerprint density at radius 1 is 1.24 bits per heavy atom. The molecule has 0 radical (unpaired) electrons. The van der Waals surface area contributed by atoms with E-state index in [1.165, 1.54) is 18.4 Å². The summed E-state index contributed by atoms with van der Waals surface area (Å²) in [5, 5.41) is 19.9. The van der Waals surface area contributed by atoms with E-state index in [0.29, 0.717) is 40.6 Å². The fourth-order valence-electron chi connectivity index (χ4n) is 3.83. The number of para-hydroxylation sites is 1. The summed E-state index contributed by atoms with van der Waals surface area (Å²) >= 11 is 1.45. The number of nitrogens with one attached hydrogen (secondary N) is 2. The minimum Gasteiger partial charge on any atom is -0.399 e. The lowest BCUT2D eigenvalue weighted by Crippen LogP contribution is -2.27. The number of aliphatic hydroxyl groups excluding tert-OH is 1. The van der Waals surface area contributed by atoms with Crippen molar-refractivity contribution in [1.29, 1.82) is 0 Å². The number of halogens is 3. The van der Waals surface area contributed by atoms with Gasteiger partial charge in [0.1, 0.15) is 24.5 Å². The highest BCUT2D eigenvalue weighted by Crippen LogP contribution is 2.37. The second-order valence-corrected chi connectivity index (χ2v) is 8.79. The van der Waals surface area contributed by atoms with Crippen molar-refractivity contribution in [2.45, 2.75) is 32.0 Å². The van der Waals surface area contributed by atoms with Gasteiger partial charge >= 0.3 is 6.18 Å². The molecule has 176 valence electrons. The van der Waals surface area contributed by atoms with E-state index >= 15 is 0 Å². The fraction of sp³-hybridized carbons (Fsp3) is 0.429. The van der Waals surface area contributed by atoms with Crippen molar-refractivity contribution in [3.05, 3.63) is 30.0 Å². The molecular weight excluding hydrogens is 457 g/mol. The maximum Gasteiger partial charge on any atom is 0.405 e. The molecule has 0 amide bonds. The Balaban J connectivity index is 1.76. The van der Waals surface area contributed by atoms with Crippen LogP contribution in [0.1, 0.15) is 18.5 Å². The van der Waals surface area contributed by atoms with Crippen LogP contribution in [-0.2, 0) is 4.84 Å². The number of rotatable bonds is 7. The number of fused-ring (bicyclic) bond motifs is 1. The van der Waals surface area contributed by atoms with E-state index in [2.05, 4.69) is 30.7 Å². The molecule has 3 N–H and O–H groups in total. The summed E-state index contributed by atoms with van der Waals surface area (Å²) in [6.45, 7) is 0.452. The van der Waals surface area contributed by atoms with Crippen LogP contribution in [-0.4, -0.2) is 58.2 Å². The number of nitrogens with zero attached hydrogens (tertiary/aromatic N) is 4. The first-order valence-electron chi connectivity index (χ1n) is 10.3. The van der Waals surface area contributed by atoms with Gasteiger partial charge in [-0.1, -0.05) is 17.3 Å². The number of oxime groups is 1. The molecule has 2 unspecified atom stereocenters. The summed E-state index contributed by atoms with van der Waals surface area (Å²) in [6, 6.07) is 7.34. The number of aliphatic hydroxyl groups is 1. The number of thiazole rings is 1. The van der Waals surface area contributed by atoms with Gasteiger partial charge in [-0.15, -0.1) is 11.3 Å². The van der Waals surface area contributed by atoms with Crippen LogP contribution in [0, 0.1) is 12.8 Å². The summed E-state index contributed by atoms with van der Waals surface area (Å²) in [5.41, 5.74) is 2.61. The number of anilines is 2. The summed E-state index contributed by atoms with van der Waals surface area (Å²) in [6.07, 6.45) is -3.29. The number of hydrogen-bond acceptors (Lipinski definition) is 9. The van der Waals surface area contributed by atoms with Crippen LogP contribution < -0.4 is 10.6 Å². The summed E-state index contributed by atoms with van der Waals surface area (Å²) in [5.74, 6) is 0.200. The van der Waals surface area contributed by atoms with Crippen LogP contribution in [0.5, 0.6) is 0 Å². The quantitative estimate of drug-likeness (QED) is 0.435. The molecule has 1 aromatic carbocycles. The molecule has 8 nitrogen and oxygen atoms in total. The van der Waals surface area contributed by atoms with Crippen molar-refractivity contribution in [1.82, 2.24) is 15.0 Å². The number of hydrogen-bond donors (Lipinski definition) is 3. The van der Waals surface area contributed by atoms with Gasteiger partial charge in [0.25, 0.3) is 0 Å². The smallest absolute Gasteiger partial charge is 0.399 e. The van der Waals surface area contributed by atoms with Crippen LogP contribution in [0.4, 0.5) is 24.9 Å². The fourth-order valence-corrected chi connectivity index (χ4v) is 4.89. The van der Waals surface area contributed by atoms with E-state index in [1.54, 1.807) is 6.92 Å². The monoisotopic (exact) mass is 480 g/mol. The number of benzene rings is 1. The zero-order valence-electron chi connectivity index (χ0n) is 18.0. The number of aryl methyl sites for hydroxylation is 1. The summed E-state index contributed by atoms with van der Waals surface area (Å²) in [7, 11) is 1.44. The van der Waals surface area contributed by atoms with Crippen LogP contribution in [0.25, 0.3) is 20.8 Å². The van der Waals surface area contributed by atoms with Crippen LogP contribution in [0.2, 0.25) is 0 Å². The molecule has 2 heterocycles. The van der Waals surface area contributed by atoms with Crippen molar-refractivity contribution in [2.75, 3.05) is 30.9 Å². The highest BCUT2D eigenvalue weighted by molar-refractivity contribution is 7.21. The van der Waals surface area contributed by atoms with Gasteiger partial charge in [-0.3, -0.25) is 0 Å². The maximum atomic E-state index is 12.8. The van der Waals surface area contributed by atoms with Gasteiger partial charge in [0.2, 0.25) is 5.95 Å². The zero-order valence-corrected chi connectivity index (χ0v) is 18.8. The maximum absolute atomic E-state index is 12.8. The molecule has 1 saturated carbocycles. The van der Waals surface area contributed by atoms with Crippen molar-refractivity contribution in [2.24, 2.45) is 11.1 Å². The normalized spacial score (nSPS) is 19.9. The molecule has 1 aliphatic carbocycles. The molecule has 4 rings (SSSR count). The zero-order chi connectivity index (χ0) is 23.6. The first-order chi connectivity index (χ1) is 15.8. The highest BCUT2D eigenvalue weighted by Gasteiger charge is 2.33. The SMILES string of the molecule is CO/N=C1/CC(CO)CC1Nc1nc(NCC(F)(F)F)nc(C)c1-c1nc2ccccc2s1. The molecule has 0 spiro atoms. The molecule has 33 heavy (non-hydrogen) atoms. The lowest BCUT2D eigenvalue weighted by molar-refractivity contribution is -0.115. The predicted molar refractivity (Wildman–Crippen MR) is 122 cm³/mol. The largest absolute Gasteiger partial charge is 0.405 e. The molecule has 0 saturated heterocycles. The Bertz CT molecular complexity index is 1130. The molecule has 12 heteroatoms. The second-order valence-electron chi connectivity index (χ2n) is 7.76. The van der Waals surface area contributed by atoms with Gasteiger partial charge in [0.05, 0.1) is 33.2 Å².